The van der Waals surface area contributed by atoms with E-state index in [9.17, 15) is 5.11 Å². The molecule has 0 aliphatic heterocycles. The minimum absolute atomic E-state index is 0.294. The topological polar surface area (TPSA) is 20.2 Å². The number of aryl methyl sites for hydroxylation is 2. The lowest BCUT2D eigenvalue weighted by molar-refractivity contribution is 0.156. The minimum Gasteiger partial charge on any atom is -0.388 e. The van der Waals surface area contributed by atoms with Gasteiger partial charge in [0.2, 0.25) is 0 Å². The molecule has 1 fully saturated rings. The Bertz CT molecular complexity index is 408. The van der Waals surface area contributed by atoms with Gasteiger partial charge in [0.25, 0.3) is 0 Å². The van der Waals surface area contributed by atoms with E-state index in [1.807, 2.05) is 0 Å². The van der Waals surface area contributed by atoms with Gasteiger partial charge in [-0.15, -0.1) is 0 Å². The number of aliphatic hydroxyl groups excluding tert-OH is 1. The largest absolute Gasteiger partial charge is 0.388 e. The van der Waals surface area contributed by atoms with Crippen molar-refractivity contribution in [3.8, 4) is 0 Å². The Morgan fingerprint density at radius 2 is 1.89 bits per heavy atom. The average molecular weight is 311 g/mol. The lowest BCUT2D eigenvalue weighted by atomic mass is 9.93. The first-order chi connectivity index (χ1) is 8.58. The van der Waals surface area contributed by atoms with E-state index in [0.717, 1.165) is 22.4 Å². The zero-order valence-electron chi connectivity index (χ0n) is 11.4. The third kappa shape index (κ3) is 3.36. The van der Waals surface area contributed by atoms with E-state index in [0.29, 0.717) is 0 Å². The van der Waals surface area contributed by atoms with E-state index in [1.165, 1.54) is 43.2 Å². The summed E-state index contributed by atoms with van der Waals surface area (Å²) in [4.78, 5) is 0. The van der Waals surface area contributed by atoms with E-state index in [-0.39, 0.29) is 6.10 Å². The van der Waals surface area contributed by atoms with Gasteiger partial charge in [0.05, 0.1) is 6.10 Å². The first kappa shape index (κ1) is 14.1. The number of benzene rings is 1. The molecule has 0 spiro atoms. The molecule has 100 valence electrons. The van der Waals surface area contributed by atoms with Gasteiger partial charge in [-0.25, -0.2) is 0 Å². The zero-order chi connectivity index (χ0) is 13.1. The summed E-state index contributed by atoms with van der Waals surface area (Å²) in [6.07, 6.45) is 7.30. The molecule has 1 aromatic rings. The summed E-state index contributed by atoms with van der Waals surface area (Å²) in [6.45, 7) is 4.16. The molecule has 18 heavy (non-hydrogen) atoms. The summed E-state index contributed by atoms with van der Waals surface area (Å²) in [5.74, 6) is 0.858. The van der Waals surface area contributed by atoms with Crippen molar-refractivity contribution >= 4 is 15.9 Å². The van der Waals surface area contributed by atoms with E-state index in [2.05, 4.69) is 41.9 Å². The normalized spacial score (nSPS) is 18.2. The summed E-state index contributed by atoms with van der Waals surface area (Å²) in [5, 5.41) is 10.4. The number of halogens is 1. The van der Waals surface area contributed by atoms with E-state index < -0.39 is 0 Å². The van der Waals surface area contributed by atoms with Crippen molar-refractivity contribution in [2.24, 2.45) is 5.92 Å². The summed E-state index contributed by atoms with van der Waals surface area (Å²) >= 11 is 3.54. The number of hydrogen-bond acceptors (Lipinski definition) is 1. The SMILES string of the molecule is Cc1cc(C(O)CCC2CCCC2)c(C)cc1Br. The van der Waals surface area contributed by atoms with Gasteiger partial charge >= 0.3 is 0 Å². The summed E-state index contributed by atoms with van der Waals surface area (Å²) in [6, 6.07) is 4.24. The highest BCUT2D eigenvalue weighted by Crippen LogP contribution is 2.33. The predicted octanol–water partition coefficient (Wildman–Crippen LogP) is 5.07. The maximum absolute atomic E-state index is 10.4. The van der Waals surface area contributed by atoms with Crippen LogP contribution >= 0.6 is 15.9 Å². The van der Waals surface area contributed by atoms with Crippen LogP contribution in [0.4, 0.5) is 0 Å². The Kier molecular flexibility index (Phi) is 4.85. The van der Waals surface area contributed by atoms with Crippen molar-refractivity contribution in [2.45, 2.75) is 58.5 Å². The Morgan fingerprint density at radius 1 is 1.22 bits per heavy atom. The van der Waals surface area contributed by atoms with Crippen molar-refractivity contribution in [2.75, 3.05) is 0 Å². The highest BCUT2D eigenvalue weighted by atomic mass is 79.9. The van der Waals surface area contributed by atoms with Crippen molar-refractivity contribution in [1.82, 2.24) is 0 Å². The molecule has 1 aromatic carbocycles. The monoisotopic (exact) mass is 310 g/mol. The van der Waals surface area contributed by atoms with Crippen LogP contribution in [0.2, 0.25) is 0 Å². The maximum Gasteiger partial charge on any atom is 0.0792 e. The Balaban J connectivity index is 1.99. The van der Waals surface area contributed by atoms with Crippen LogP contribution in [-0.2, 0) is 0 Å². The van der Waals surface area contributed by atoms with Gasteiger partial charge in [0.1, 0.15) is 0 Å². The van der Waals surface area contributed by atoms with Gasteiger partial charge in [-0.1, -0.05) is 47.7 Å². The van der Waals surface area contributed by atoms with E-state index in [1.54, 1.807) is 0 Å². The minimum atomic E-state index is -0.294. The quantitative estimate of drug-likeness (QED) is 0.823. The fourth-order valence-corrected chi connectivity index (χ4v) is 3.47. The molecule has 2 heteroatoms. The van der Waals surface area contributed by atoms with Gasteiger partial charge < -0.3 is 5.11 Å². The second-order valence-electron chi connectivity index (χ2n) is 5.70. The zero-order valence-corrected chi connectivity index (χ0v) is 13.0. The molecule has 1 nitrogen and oxygen atoms in total. The number of rotatable bonds is 4. The fraction of sp³-hybridized carbons (Fsp3) is 0.625. The van der Waals surface area contributed by atoms with Gasteiger partial charge in [0, 0.05) is 4.47 Å². The highest BCUT2D eigenvalue weighted by molar-refractivity contribution is 9.10. The average Bonchev–Trinajstić information content (AvgIpc) is 2.84. The van der Waals surface area contributed by atoms with Crippen LogP contribution in [0.25, 0.3) is 0 Å². The van der Waals surface area contributed by atoms with Crippen molar-refractivity contribution in [3.05, 3.63) is 33.3 Å². The Morgan fingerprint density at radius 3 is 2.56 bits per heavy atom. The maximum atomic E-state index is 10.4. The van der Waals surface area contributed by atoms with Gasteiger partial charge in [-0.05, 0) is 55.4 Å². The lowest BCUT2D eigenvalue weighted by Crippen LogP contribution is -2.04. The second kappa shape index (κ2) is 6.21. The molecule has 2 rings (SSSR count). The van der Waals surface area contributed by atoms with Gasteiger partial charge in [-0.2, -0.15) is 0 Å². The van der Waals surface area contributed by atoms with Gasteiger partial charge in [-0.3, -0.25) is 0 Å². The van der Waals surface area contributed by atoms with Crippen molar-refractivity contribution in [3.63, 3.8) is 0 Å². The van der Waals surface area contributed by atoms with E-state index >= 15 is 0 Å². The summed E-state index contributed by atoms with van der Waals surface area (Å²) in [7, 11) is 0. The molecule has 1 unspecified atom stereocenters. The molecular weight excluding hydrogens is 288 g/mol. The third-order valence-corrected chi connectivity index (χ3v) is 5.08. The third-order valence-electron chi connectivity index (χ3n) is 4.23. The van der Waals surface area contributed by atoms with Crippen LogP contribution < -0.4 is 0 Å². The molecule has 0 amide bonds. The molecular formula is C16H23BrO. The molecule has 1 saturated carbocycles. The van der Waals surface area contributed by atoms with Crippen LogP contribution in [0.5, 0.6) is 0 Å². The number of hydrogen-bond donors (Lipinski definition) is 1. The van der Waals surface area contributed by atoms with Crippen LogP contribution in [0.1, 0.15) is 61.3 Å². The van der Waals surface area contributed by atoms with Crippen LogP contribution in [-0.4, -0.2) is 5.11 Å². The van der Waals surface area contributed by atoms with Crippen LogP contribution in [0.3, 0.4) is 0 Å². The summed E-state index contributed by atoms with van der Waals surface area (Å²) < 4.78 is 1.13. The molecule has 1 atom stereocenters. The number of aliphatic hydroxyl groups is 1. The van der Waals surface area contributed by atoms with Crippen LogP contribution in [0.15, 0.2) is 16.6 Å². The van der Waals surface area contributed by atoms with Crippen molar-refractivity contribution < 1.29 is 5.11 Å². The Hall–Kier alpha value is -0.340. The molecule has 1 aliphatic carbocycles. The molecule has 0 bridgehead atoms. The van der Waals surface area contributed by atoms with E-state index in [4.69, 9.17) is 0 Å². The first-order valence-corrected chi connectivity index (χ1v) is 7.82. The lowest BCUT2D eigenvalue weighted by Gasteiger charge is -2.17. The molecule has 0 saturated heterocycles. The van der Waals surface area contributed by atoms with Crippen molar-refractivity contribution in [1.29, 1.82) is 0 Å². The molecule has 1 aliphatic rings. The summed E-state index contributed by atoms with van der Waals surface area (Å²) in [5.41, 5.74) is 3.50. The predicted molar refractivity (Wildman–Crippen MR) is 79.8 cm³/mol. The smallest absolute Gasteiger partial charge is 0.0792 e. The highest BCUT2D eigenvalue weighted by Gasteiger charge is 2.18. The second-order valence-corrected chi connectivity index (χ2v) is 6.56. The molecule has 0 heterocycles. The Labute approximate surface area is 119 Å². The van der Waals surface area contributed by atoms with Gasteiger partial charge in [0.15, 0.2) is 0 Å². The fourth-order valence-electron chi connectivity index (χ4n) is 3.01. The molecule has 0 radical (unpaired) electrons. The standard InChI is InChI=1S/C16H23BrO/c1-11-10-15(17)12(2)9-14(11)16(18)8-7-13-5-3-4-6-13/h9-10,13,16,18H,3-8H2,1-2H3. The molecule has 0 aromatic heterocycles. The first-order valence-electron chi connectivity index (χ1n) is 7.02. The van der Waals surface area contributed by atoms with Crippen LogP contribution in [0, 0.1) is 19.8 Å². The molecule has 1 N–H and O–H groups in total.